The fourth-order valence-electron chi connectivity index (χ4n) is 2.80. The lowest BCUT2D eigenvalue weighted by molar-refractivity contribution is -0.143. The number of carbonyl (C=O) groups excluding carboxylic acids is 3. The molecule has 0 heterocycles. The van der Waals surface area contributed by atoms with Crippen LogP contribution in [0.3, 0.4) is 0 Å². The number of hydrogen-bond donors (Lipinski definition) is 1. The third kappa shape index (κ3) is 7.17. The van der Waals surface area contributed by atoms with Crippen LogP contribution in [0.15, 0.2) is 47.4 Å². The highest BCUT2D eigenvalue weighted by Gasteiger charge is 2.26. The van der Waals surface area contributed by atoms with E-state index in [0.29, 0.717) is 5.56 Å². The maximum atomic E-state index is 12.9. The number of esters is 3. The molecule has 0 unspecified atom stereocenters. The van der Waals surface area contributed by atoms with Crippen molar-refractivity contribution in [1.29, 1.82) is 0 Å². The molecule has 0 fully saturated rings. The molecule has 0 aliphatic carbocycles. The smallest absolute Gasteiger partial charge is 0.308 e. The average Bonchev–Trinajstić information content (AvgIpc) is 2.68. The Morgan fingerprint density at radius 1 is 0.938 bits per heavy atom. The predicted octanol–water partition coefficient (Wildman–Crippen LogP) is 2.82. The molecule has 172 valence electrons. The summed E-state index contributed by atoms with van der Waals surface area (Å²) in [6.07, 6.45) is -0.314. The predicted molar refractivity (Wildman–Crippen MR) is 115 cm³/mol. The van der Waals surface area contributed by atoms with Gasteiger partial charge in [0.05, 0.1) is 24.0 Å². The third-order valence-electron chi connectivity index (χ3n) is 4.18. The minimum atomic E-state index is -4.00. The summed E-state index contributed by atoms with van der Waals surface area (Å²) in [4.78, 5) is 35.0. The van der Waals surface area contributed by atoms with E-state index in [-0.39, 0.29) is 29.4 Å². The SMILES string of the molecule is CCOC(=O)C[C@@H](NS(=O)(=O)c1ccc(C)cc1)c1ccc(OC(C)=O)c(OC(C)=O)c1. The van der Waals surface area contributed by atoms with Gasteiger partial charge in [0.1, 0.15) is 0 Å². The van der Waals surface area contributed by atoms with Gasteiger partial charge in [0.15, 0.2) is 11.5 Å². The van der Waals surface area contributed by atoms with E-state index in [1.54, 1.807) is 19.1 Å². The lowest BCUT2D eigenvalue weighted by atomic mass is 10.0. The van der Waals surface area contributed by atoms with Gasteiger partial charge in [-0.2, -0.15) is 0 Å². The number of nitrogens with one attached hydrogen (secondary N) is 1. The fourth-order valence-corrected chi connectivity index (χ4v) is 4.03. The van der Waals surface area contributed by atoms with Crippen molar-refractivity contribution in [3.8, 4) is 11.5 Å². The Labute approximate surface area is 186 Å². The fraction of sp³-hybridized carbons (Fsp3) is 0.318. The molecule has 1 atom stereocenters. The summed E-state index contributed by atoms with van der Waals surface area (Å²) < 4.78 is 43.5. The highest BCUT2D eigenvalue weighted by molar-refractivity contribution is 7.89. The number of hydrogen-bond acceptors (Lipinski definition) is 8. The Balaban J connectivity index is 2.47. The van der Waals surface area contributed by atoms with Crippen LogP contribution in [0.2, 0.25) is 0 Å². The quantitative estimate of drug-likeness (QED) is 0.445. The second kappa shape index (κ2) is 10.9. The summed E-state index contributed by atoms with van der Waals surface area (Å²) in [6.45, 7) is 5.94. The molecule has 9 nitrogen and oxygen atoms in total. The number of carbonyl (C=O) groups is 3. The van der Waals surface area contributed by atoms with E-state index in [2.05, 4.69) is 4.72 Å². The van der Waals surface area contributed by atoms with Crippen LogP contribution in [-0.4, -0.2) is 32.9 Å². The largest absolute Gasteiger partial charge is 0.466 e. The van der Waals surface area contributed by atoms with Crippen molar-refractivity contribution < 1.29 is 37.0 Å². The van der Waals surface area contributed by atoms with Gasteiger partial charge < -0.3 is 14.2 Å². The second-order valence-electron chi connectivity index (χ2n) is 6.89. The van der Waals surface area contributed by atoms with Crippen LogP contribution < -0.4 is 14.2 Å². The van der Waals surface area contributed by atoms with Crippen molar-refractivity contribution in [3.63, 3.8) is 0 Å². The van der Waals surface area contributed by atoms with Crippen molar-refractivity contribution in [2.24, 2.45) is 0 Å². The first-order chi connectivity index (χ1) is 15.0. The average molecular weight is 464 g/mol. The van der Waals surface area contributed by atoms with Gasteiger partial charge in [-0.3, -0.25) is 14.4 Å². The van der Waals surface area contributed by atoms with E-state index < -0.39 is 34.0 Å². The van der Waals surface area contributed by atoms with Crippen molar-refractivity contribution in [3.05, 3.63) is 53.6 Å². The van der Waals surface area contributed by atoms with Crippen LogP contribution in [0.1, 0.15) is 44.4 Å². The Kier molecular flexibility index (Phi) is 8.50. The van der Waals surface area contributed by atoms with Crippen LogP contribution in [0.4, 0.5) is 0 Å². The zero-order chi connectivity index (χ0) is 23.9. The van der Waals surface area contributed by atoms with Crippen LogP contribution >= 0.6 is 0 Å². The first-order valence-corrected chi connectivity index (χ1v) is 11.3. The Bertz CT molecular complexity index is 1090. The number of rotatable bonds is 9. The molecule has 0 aromatic heterocycles. The van der Waals surface area contributed by atoms with Gasteiger partial charge in [0.25, 0.3) is 0 Å². The number of benzene rings is 2. The van der Waals surface area contributed by atoms with Gasteiger partial charge in [-0.1, -0.05) is 23.8 Å². The van der Waals surface area contributed by atoms with E-state index >= 15 is 0 Å². The minimum absolute atomic E-state index is 0.0206. The van der Waals surface area contributed by atoms with E-state index in [1.165, 1.54) is 44.2 Å². The first-order valence-electron chi connectivity index (χ1n) is 9.77. The number of ether oxygens (including phenoxy) is 3. The molecule has 32 heavy (non-hydrogen) atoms. The molecule has 0 amide bonds. The van der Waals surface area contributed by atoms with E-state index in [0.717, 1.165) is 5.56 Å². The Morgan fingerprint density at radius 3 is 2.09 bits per heavy atom. The lowest BCUT2D eigenvalue weighted by Gasteiger charge is -2.20. The molecule has 0 radical (unpaired) electrons. The highest BCUT2D eigenvalue weighted by atomic mass is 32.2. The summed E-state index contributed by atoms with van der Waals surface area (Å²) in [5.41, 5.74) is 1.19. The molecule has 2 aromatic carbocycles. The van der Waals surface area contributed by atoms with Crippen molar-refractivity contribution in [2.75, 3.05) is 6.61 Å². The van der Waals surface area contributed by atoms with Crippen molar-refractivity contribution in [1.82, 2.24) is 4.72 Å². The van der Waals surface area contributed by atoms with Gasteiger partial charge in [-0.05, 0) is 43.7 Å². The molecule has 0 aliphatic heterocycles. The van der Waals surface area contributed by atoms with Crippen LogP contribution in [0, 0.1) is 6.92 Å². The molecule has 2 rings (SSSR count). The van der Waals surface area contributed by atoms with Gasteiger partial charge in [-0.15, -0.1) is 0 Å². The van der Waals surface area contributed by atoms with Gasteiger partial charge in [0, 0.05) is 13.8 Å². The second-order valence-corrected chi connectivity index (χ2v) is 8.60. The number of sulfonamides is 1. The molecule has 2 aromatic rings. The number of aryl methyl sites for hydroxylation is 1. The van der Waals surface area contributed by atoms with E-state index in [9.17, 15) is 22.8 Å². The maximum Gasteiger partial charge on any atom is 0.308 e. The Morgan fingerprint density at radius 2 is 1.53 bits per heavy atom. The van der Waals surface area contributed by atoms with Gasteiger partial charge in [-0.25, -0.2) is 13.1 Å². The normalized spacial score (nSPS) is 12.0. The first kappa shape index (κ1) is 25.0. The lowest BCUT2D eigenvalue weighted by Crippen LogP contribution is -2.31. The third-order valence-corrected chi connectivity index (χ3v) is 5.67. The molecule has 1 N–H and O–H groups in total. The molecule has 10 heteroatoms. The molecule has 0 spiro atoms. The van der Waals surface area contributed by atoms with Crippen LogP contribution in [-0.2, 0) is 29.1 Å². The summed E-state index contributed by atoms with van der Waals surface area (Å²) >= 11 is 0. The molecule has 0 bridgehead atoms. The van der Waals surface area contributed by atoms with Crippen LogP contribution in [0.5, 0.6) is 11.5 Å². The zero-order valence-corrected chi connectivity index (χ0v) is 19.0. The van der Waals surface area contributed by atoms with Gasteiger partial charge in [0.2, 0.25) is 10.0 Å². The topological polar surface area (TPSA) is 125 Å². The highest BCUT2D eigenvalue weighted by Crippen LogP contribution is 2.33. The maximum absolute atomic E-state index is 12.9. The molecular weight excluding hydrogens is 438 g/mol. The molecule has 0 saturated carbocycles. The molecular formula is C22H25NO8S. The summed E-state index contributed by atoms with van der Waals surface area (Å²) in [6, 6.07) is 9.33. The Hall–Kier alpha value is -3.24. The van der Waals surface area contributed by atoms with Gasteiger partial charge >= 0.3 is 17.9 Å². The molecule has 0 aliphatic rings. The molecule has 0 saturated heterocycles. The zero-order valence-electron chi connectivity index (χ0n) is 18.2. The van der Waals surface area contributed by atoms with E-state index in [1.807, 2.05) is 6.92 Å². The van der Waals surface area contributed by atoms with Crippen molar-refractivity contribution in [2.45, 2.75) is 45.1 Å². The monoisotopic (exact) mass is 463 g/mol. The van der Waals surface area contributed by atoms with Crippen LogP contribution in [0.25, 0.3) is 0 Å². The van der Waals surface area contributed by atoms with Crippen molar-refractivity contribution >= 4 is 27.9 Å². The standard InChI is InChI=1S/C22H25NO8S/c1-5-29-22(26)13-19(23-32(27,28)18-9-6-14(2)7-10-18)17-8-11-20(30-15(3)24)21(12-17)31-16(4)25/h6-12,19,23H,5,13H2,1-4H3/t19-/m1/s1. The summed E-state index contributed by atoms with van der Waals surface area (Å²) in [5.74, 6) is -2.03. The minimum Gasteiger partial charge on any atom is -0.466 e. The summed E-state index contributed by atoms with van der Waals surface area (Å²) in [7, 11) is -4.00. The van der Waals surface area contributed by atoms with E-state index in [4.69, 9.17) is 14.2 Å². The summed E-state index contributed by atoms with van der Waals surface area (Å²) in [5, 5.41) is 0.